The van der Waals surface area contributed by atoms with Crippen LogP contribution < -0.4 is 0 Å². The first kappa shape index (κ1) is 7.00. The summed E-state index contributed by atoms with van der Waals surface area (Å²) in [6.45, 7) is 1.20. The number of hydrogen-bond acceptors (Lipinski definition) is 1. The molecule has 1 fully saturated rings. The lowest BCUT2D eigenvalue weighted by Crippen LogP contribution is -2.14. The zero-order valence-electron chi connectivity index (χ0n) is 5.39. The monoisotopic (exact) mass is 131 g/mol. The van der Waals surface area contributed by atoms with Gasteiger partial charge in [-0.2, -0.15) is 0 Å². The van der Waals surface area contributed by atoms with Crippen LogP contribution in [0.5, 0.6) is 0 Å². The molecule has 0 heterocycles. The van der Waals surface area contributed by atoms with Crippen LogP contribution in [0.15, 0.2) is 0 Å². The summed E-state index contributed by atoms with van der Waals surface area (Å²) in [4.78, 5) is 0. The summed E-state index contributed by atoms with van der Waals surface area (Å²) in [6.07, 6.45) is 2.28. The summed E-state index contributed by atoms with van der Waals surface area (Å²) in [7, 11) is 0. The lowest BCUT2D eigenvalue weighted by Gasteiger charge is -2.21. The van der Waals surface area contributed by atoms with Crippen molar-refractivity contribution in [2.75, 3.05) is 0 Å². The van der Waals surface area contributed by atoms with Gasteiger partial charge in [-0.1, -0.05) is 0 Å². The molecule has 0 aromatic carbocycles. The van der Waals surface area contributed by atoms with Crippen LogP contribution >= 0.6 is 0 Å². The normalized spacial score (nSPS) is 36.7. The van der Waals surface area contributed by atoms with Crippen molar-refractivity contribution < 1.29 is 9.50 Å². The molecule has 53 valence electrons. The van der Waals surface area contributed by atoms with Gasteiger partial charge in [0.05, 0.1) is 6.61 Å². The molecule has 1 nitrogen and oxygen atoms in total. The van der Waals surface area contributed by atoms with E-state index in [-0.39, 0.29) is 5.92 Å². The van der Waals surface area contributed by atoms with E-state index in [0.717, 1.165) is 12.8 Å². The molecule has 0 bridgehead atoms. The van der Waals surface area contributed by atoms with Crippen LogP contribution in [0.1, 0.15) is 25.7 Å². The van der Waals surface area contributed by atoms with Gasteiger partial charge in [0.1, 0.15) is 6.17 Å². The summed E-state index contributed by atoms with van der Waals surface area (Å²) in [5.74, 6) is 0.261. The van der Waals surface area contributed by atoms with Crippen LogP contribution in [0.4, 0.5) is 4.39 Å². The number of aliphatic hydroxyl groups is 1. The maximum absolute atomic E-state index is 12.4. The van der Waals surface area contributed by atoms with Crippen LogP contribution in [0.2, 0.25) is 0 Å². The Balaban J connectivity index is 2.18. The largest absolute Gasteiger partial charge is 0.390 e. The van der Waals surface area contributed by atoms with Crippen molar-refractivity contribution >= 4 is 0 Å². The maximum Gasteiger partial charge on any atom is 0.100 e. The van der Waals surface area contributed by atoms with E-state index < -0.39 is 6.17 Å². The Morgan fingerprint density at radius 3 is 2.22 bits per heavy atom. The Morgan fingerprint density at radius 2 is 1.78 bits per heavy atom. The van der Waals surface area contributed by atoms with Crippen molar-refractivity contribution in [2.24, 2.45) is 5.92 Å². The van der Waals surface area contributed by atoms with Crippen molar-refractivity contribution in [3.8, 4) is 0 Å². The molecule has 0 aromatic heterocycles. The summed E-state index contributed by atoms with van der Waals surface area (Å²) >= 11 is 0. The van der Waals surface area contributed by atoms with Crippen LogP contribution in [0.25, 0.3) is 0 Å². The van der Waals surface area contributed by atoms with Crippen LogP contribution in [-0.4, -0.2) is 11.3 Å². The molecule has 0 aliphatic heterocycles. The van der Waals surface area contributed by atoms with E-state index in [1.807, 2.05) is 0 Å². The van der Waals surface area contributed by atoms with Crippen LogP contribution in [-0.2, 0) is 0 Å². The molecule has 1 radical (unpaired) electrons. The Hall–Kier alpha value is -0.110. The highest BCUT2D eigenvalue weighted by molar-refractivity contribution is 4.75. The molecular weight excluding hydrogens is 119 g/mol. The van der Waals surface area contributed by atoms with E-state index in [1.54, 1.807) is 0 Å². The van der Waals surface area contributed by atoms with E-state index in [0.29, 0.717) is 12.8 Å². The second-order valence-electron chi connectivity index (χ2n) is 2.66. The molecule has 1 N–H and O–H groups in total. The third-order valence-corrected chi connectivity index (χ3v) is 1.91. The summed E-state index contributed by atoms with van der Waals surface area (Å²) < 4.78 is 12.4. The molecule has 0 spiro atoms. The summed E-state index contributed by atoms with van der Waals surface area (Å²) in [5.41, 5.74) is 0. The fourth-order valence-electron chi connectivity index (χ4n) is 1.23. The lowest BCUT2D eigenvalue weighted by atomic mass is 9.89. The number of hydrogen-bond donors (Lipinski definition) is 1. The van der Waals surface area contributed by atoms with Gasteiger partial charge in [0.25, 0.3) is 0 Å². The van der Waals surface area contributed by atoms with Crippen molar-refractivity contribution in [3.05, 3.63) is 6.61 Å². The molecule has 2 heteroatoms. The van der Waals surface area contributed by atoms with Gasteiger partial charge in [-0.15, -0.1) is 0 Å². The molecule has 1 rings (SSSR count). The van der Waals surface area contributed by atoms with E-state index in [4.69, 9.17) is 5.11 Å². The minimum Gasteiger partial charge on any atom is -0.390 e. The number of rotatable bonds is 1. The van der Waals surface area contributed by atoms with E-state index in [2.05, 4.69) is 0 Å². The van der Waals surface area contributed by atoms with Gasteiger partial charge in [-0.05, 0) is 31.6 Å². The zero-order valence-corrected chi connectivity index (χ0v) is 5.39. The Kier molecular flexibility index (Phi) is 2.46. The molecule has 1 saturated carbocycles. The van der Waals surface area contributed by atoms with Gasteiger partial charge in [0.2, 0.25) is 0 Å². The Bertz CT molecular complexity index is 77.0. The highest BCUT2D eigenvalue weighted by Gasteiger charge is 2.19. The van der Waals surface area contributed by atoms with E-state index >= 15 is 0 Å². The topological polar surface area (TPSA) is 20.2 Å². The van der Waals surface area contributed by atoms with E-state index in [9.17, 15) is 4.39 Å². The van der Waals surface area contributed by atoms with Gasteiger partial charge in [-0.25, -0.2) is 4.39 Å². The third kappa shape index (κ3) is 1.94. The van der Waals surface area contributed by atoms with E-state index in [1.165, 1.54) is 6.61 Å². The Morgan fingerprint density at radius 1 is 1.22 bits per heavy atom. The first-order valence-corrected chi connectivity index (χ1v) is 3.44. The first-order chi connectivity index (χ1) is 4.33. The number of halogens is 1. The molecule has 0 amide bonds. The minimum atomic E-state index is -0.610. The van der Waals surface area contributed by atoms with Crippen molar-refractivity contribution in [1.29, 1.82) is 0 Å². The minimum absolute atomic E-state index is 0.261. The van der Waals surface area contributed by atoms with Crippen molar-refractivity contribution in [3.63, 3.8) is 0 Å². The quantitative estimate of drug-likeness (QED) is 0.577. The van der Waals surface area contributed by atoms with Crippen molar-refractivity contribution in [1.82, 2.24) is 0 Å². The molecule has 0 aromatic rings. The Labute approximate surface area is 54.9 Å². The third-order valence-electron chi connectivity index (χ3n) is 1.91. The molecule has 0 unspecified atom stereocenters. The smallest absolute Gasteiger partial charge is 0.100 e. The SMILES string of the molecule is O[CH]C1CCC(F)CC1. The summed E-state index contributed by atoms with van der Waals surface area (Å²) in [5, 5.41) is 8.53. The molecule has 0 saturated heterocycles. The highest BCUT2D eigenvalue weighted by Crippen LogP contribution is 2.26. The average Bonchev–Trinajstić information content (AvgIpc) is 1.90. The van der Waals surface area contributed by atoms with Crippen molar-refractivity contribution in [2.45, 2.75) is 31.9 Å². The van der Waals surface area contributed by atoms with Crippen LogP contribution in [0.3, 0.4) is 0 Å². The van der Waals surface area contributed by atoms with Crippen LogP contribution in [0, 0.1) is 12.5 Å². The standard InChI is InChI=1S/C7H12FO/c8-7-3-1-6(5-9)2-4-7/h5-7,9H,1-4H2. The number of aliphatic hydroxyl groups excluding tert-OH is 1. The average molecular weight is 131 g/mol. The fourth-order valence-corrected chi connectivity index (χ4v) is 1.23. The molecule has 1 aliphatic rings. The highest BCUT2D eigenvalue weighted by atomic mass is 19.1. The summed E-state index contributed by atoms with van der Waals surface area (Å²) in [6, 6.07) is 0. The van der Waals surface area contributed by atoms with Gasteiger partial charge in [-0.3, -0.25) is 0 Å². The lowest BCUT2D eigenvalue weighted by molar-refractivity contribution is 0.186. The molecule has 0 atom stereocenters. The first-order valence-electron chi connectivity index (χ1n) is 3.44. The van der Waals surface area contributed by atoms with Gasteiger partial charge in [0.15, 0.2) is 0 Å². The molecular formula is C7H12FO. The fraction of sp³-hybridized carbons (Fsp3) is 0.857. The number of alkyl halides is 1. The van der Waals surface area contributed by atoms with Gasteiger partial charge >= 0.3 is 0 Å². The molecule has 1 aliphatic carbocycles. The second kappa shape index (κ2) is 3.16. The molecule has 9 heavy (non-hydrogen) atoms. The van der Waals surface area contributed by atoms with Gasteiger partial charge < -0.3 is 5.11 Å². The van der Waals surface area contributed by atoms with Gasteiger partial charge in [0, 0.05) is 0 Å². The zero-order chi connectivity index (χ0) is 6.69. The maximum atomic E-state index is 12.4. The second-order valence-corrected chi connectivity index (χ2v) is 2.66. The predicted molar refractivity (Wildman–Crippen MR) is 33.1 cm³/mol. The predicted octanol–water partition coefficient (Wildman–Crippen LogP) is 2.05.